The van der Waals surface area contributed by atoms with Crippen LogP contribution >= 0.6 is 0 Å². The zero-order valence-corrected chi connectivity index (χ0v) is 41.8. The van der Waals surface area contributed by atoms with Crippen molar-refractivity contribution in [2.24, 2.45) is 11.8 Å². The van der Waals surface area contributed by atoms with E-state index in [0.29, 0.717) is 23.0 Å². The molecule has 2 saturated carbocycles. The largest absolute Gasteiger partial charge is 0.390 e. The molecule has 364 valence electrons. The molecule has 2 amide bonds. The first-order valence-corrected chi connectivity index (χ1v) is 26.1. The van der Waals surface area contributed by atoms with Gasteiger partial charge in [0.1, 0.15) is 0 Å². The van der Waals surface area contributed by atoms with E-state index in [1.807, 2.05) is 50.2 Å². The Morgan fingerprint density at radius 2 is 0.971 bits per heavy atom. The summed E-state index contributed by atoms with van der Waals surface area (Å²) in [5.41, 5.74) is 11.4. The number of nitrogens with one attached hydrogen (secondary N) is 2. The summed E-state index contributed by atoms with van der Waals surface area (Å²) in [5.74, 6) is 0.678. The van der Waals surface area contributed by atoms with Gasteiger partial charge in [-0.1, -0.05) is 86.6 Å². The minimum absolute atomic E-state index is 0.0104. The summed E-state index contributed by atoms with van der Waals surface area (Å²) in [5, 5.41) is 28.6. The molecule has 6 aromatic rings. The van der Waals surface area contributed by atoms with Crippen LogP contribution in [0.3, 0.4) is 0 Å². The molecule has 4 aromatic carbocycles. The summed E-state index contributed by atoms with van der Waals surface area (Å²) in [7, 11) is 0. The van der Waals surface area contributed by atoms with Gasteiger partial charge in [-0.3, -0.25) is 19.6 Å². The first-order valence-electron chi connectivity index (χ1n) is 26.1. The van der Waals surface area contributed by atoms with Crippen LogP contribution in [0, 0.1) is 25.7 Å². The Morgan fingerprint density at radius 1 is 0.557 bits per heavy atom. The van der Waals surface area contributed by atoms with Gasteiger partial charge >= 0.3 is 0 Å². The summed E-state index contributed by atoms with van der Waals surface area (Å²) < 4.78 is 0. The van der Waals surface area contributed by atoms with Crippen LogP contribution in [0.15, 0.2) is 134 Å². The summed E-state index contributed by atoms with van der Waals surface area (Å²) in [4.78, 5) is 34.9. The van der Waals surface area contributed by atoms with Crippen molar-refractivity contribution < 1.29 is 19.8 Å². The number of anilines is 2. The lowest BCUT2D eigenvalue weighted by atomic mass is 9.55. The van der Waals surface area contributed by atoms with Crippen molar-refractivity contribution in [1.82, 2.24) is 9.97 Å². The van der Waals surface area contributed by atoms with E-state index in [2.05, 4.69) is 119 Å². The molecule has 8 heteroatoms. The number of nitrogens with zero attached hydrogens (tertiary/aromatic N) is 2. The van der Waals surface area contributed by atoms with E-state index in [1.54, 1.807) is 12.4 Å². The molecule has 0 spiro atoms. The van der Waals surface area contributed by atoms with Gasteiger partial charge in [-0.2, -0.15) is 0 Å². The Hall–Kier alpha value is -5.96. The third-order valence-corrected chi connectivity index (χ3v) is 17.2. The number of carbonyl (C=O) groups excluding carboxylic acids is 2. The number of pyridine rings is 2. The van der Waals surface area contributed by atoms with Crippen LogP contribution in [0.25, 0.3) is 0 Å². The zero-order chi connectivity index (χ0) is 48.9. The van der Waals surface area contributed by atoms with E-state index in [0.717, 1.165) is 125 Å². The van der Waals surface area contributed by atoms with Crippen molar-refractivity contribution in [3.8, 4) is 0 Å². The molecule has 0 radical (unpaired) electrons. The number of rotatable bonds is 10. The van der Waals surface area contributed by atoms with Gasteiger partial charge in [-0.15, -0.1) is 0 Å². The average molecular weight is 937 g/mol. The molecule has 0 saturated heterocycles. The van der Waals surface area contributed by atoms with Crippen molar-refractivity contribution in [3.63, 3.8) is 0 Å². The molecule has 4 N–H and O–H groups in total. The Kier molecular flexibility index (Phi) is 14.6. The lowest BCUT2D eigenvalue weighted by Crippen LogP contribution is -2.48. The fourth-order valence-electron chi connectivity index (χ4n) is 13.1. The van der Waals surface area contributed by atoms with Gasteiger partial charge in [0.15, 0.2) is 0 Å². The lowest BCUT2D eigenvalue weighted by Gasteiger charge is -2.50. The molecule has 2 aromatic heterocycles. The quantitative estimate of drug-likeness (QED) is 0.108. The van der Waals surface area contributed by atoms with Gasteiger partial charge < -0.3 is 20.8 Å². The van der Waals surface area contributed by atoms with Crippen molar-refractivity contribution in [2.45, 2.75) is 152 Å². The Bertz CT molecular complexity index is 2610. The Morgan fingerprint density at radius 3 is 1.36 bits per heavy atom. The minimum atomic E-state index is -0.559. The normalized spacial score (nSPS) is 25.7. The molecule has 8 nitrogen and oxygen atoms in total. The van der Waals surface area contributed by atoms with E-state index in [4.69, 9.17) is 0 Å². The van der Waals surface area contributed by atoms with E-state index in [1.165, 1.54) is 33.4 Å². The Balaban J connectivity index is 0.000000174. The minimum Gasteiger partial charge on any atom is -0.390 e. The van der Waals surface area contributed by atoms with Gasteiger partial charge in [0, 0.05) is 34.4 Å². The molecule has 2 heterocycles. The number of benzene rings is 4. The van der Waals surface area contributed by atoms with Crippen LogP contribution in [-0.4, -0.2) is 43.2 Å². The maximum Gasteiger partial charge on any atom is 0.255 e. The topological polar surface area (TPSA) is 124 Å². The van der Waals surface area contributed by atoms with Crippen molar-refractivity contribution >= 4 is 23.2 Å². The van der Waals surface area contributed by atoms with Crippen LogP contribution in [0.1, 0.15) is 156 Å². The predicted octanol–water partition coefficient (Wildman–Crippen LogP) is 12.8. The third-order valence-electron chi connectivity index (χ3n) is 17.2. The van der Waals surface area contributed by atoms with Crippen LogP contribution in [0.4, 0.5) is 11.4 Å². The zero-order valence-electron chi connectivity index (χ0n) is 41.8. The Labute approximate surface area is 415 Å². The van der Waals surface area contributed by atoms with Crippen LogP contribution in [0.5, 0.6) is 0 Å². The molecule has 4 aliphatic rings. The number of fused-ring (bicyclic) bond motifs is 6. The summed E-state index contributed by atoms with van der Waals surface area (Å²) in [6.45, 7) is 8.04. The van der Waals surface area contributed by atoms with Crippen molar-refractivity contribution in [3.05, 3.63) is 190 Å². The second-order valence-electron chi connectivity index (χ2n) is 21.3. The lowest BCUT2D eigenvalue weighted by molar-refractivity contribution is -0.0500. The number of aromatic nitrogens is 2. The van der Waals surface area contributed by atoms with Gasteiger partial charge in [0.05, 0.1) is 34.0 Å². The third kappa shape index (κ3) is 10.3. The van der Waals surface area contributed by atoms with E-state index >= 15 is 0 Å². The van der Waals surface area contributed by atoms with Gasteiger partial charge in [0.2, 0.25) is 0 Å². The number of hydrogen-bond donors (Lipinski definition) is 4. The molecule has 6 atom stereocenters. The second-order valence-corrected chi connectivity index (χ2v) is 21.3. The number of amides is 2. The summed E-state index contributed by atoms with van der Waals surface area (Å²) >= 11 is 0. The van der Waals surface area contributed by atoms with Crippen LogP contribution in [0.2, 0.25) is 0 Å². The van der Waals surface area contributed by atoms with Crippen molar-refractivity contribution in [1.29, 1.82) is 0 Å². The number of aliphatic hydroxyl groups is 2. The van der Waals surface area contributed by atoms with Crippen LogP contribution < -0.4 is 10.6 Å². The highest BCUT2D eigenvalue weighted by Crippen LogP contribution is 2.56. The SMILES string of the molecule is CC[C@@]1(O)CC[C@@]2(Cc3ccccc3)c3ccc(C(=O)Nc4cccnc4C)cc3CCC[C@H]2C1.CC[C@]1(O)CC[C@]2(Cc3ccccc3)c3ccc(C(=O)Nc4cccnc4C)cc3CCC[C@@H]2C1. The van der Waals surface area contributed by atoms with E-state index in [-0.39, 0.29) is 22.6 Å². The highest BCUT2D eigenvalue weighted by Gasteiger charge is 2.51. The molecule has 70 heavy (non-hydrogen) atoms. The molecule has 0 bridgehead atoms. The predicted molar refractivity (Wildman–Crippen MR) is 281 cm³/mol. The van der Waals surface area contributed by atoms with Gasteiger partial charge in [-0.05, 0) is 210 Å². The van der Waals surface area contributed by atoms with Crippen molar-refractivity contribution in [2.75, 3.05) is 10.6 Å². The smallest absolute Gasteiger partial charge is 0.255 e. The highest BCUT2D eigenvalue weighted by atomic mass is 16.3. The molecule has 10 rings (SSSR count). The van der Waals surface area contributed by atoms with E-state index < -0.39 is 11.2 Å². The summed E-state index contributed by atoms with van der Waals surface area (Å²) in [6.07, 6.45) is 18.7. The number of aryl methyl sites for hydroxylation is 4. The monoisotopic (exact) mass is 937 g/mol. The van der Waals surface area contributed by atoms with E-state index in [9.17, 15) is 19.8 Å². The first kappa shape index (κ1) is 49.0. The average Bonchev–Trinajstić information content (AvgIpc) is 3.62. The maximum atomic E-state index is 13.1. The first-order chi connectivity index (χ1) is 33.8. The second kappa shape index (κ2) is 20.8. The number of carbonyl (C=O) groups is 2. The van der Waals surface area contributed by atoms with Gasteiger partial charge in [-0.25, -0.2) is 0 Å². The van der Waals surface area contributed by atoms with Crippen LogP contribution in [-0.2, 0) is 36.5 Å². The fraction of sp³-hybridized carbons (Fsp3) is 0.419. The van der Waals surface area contributed by atoms with Gasteiger partial charge in [0.25, 0.3) is 11.8 Å². The number of hydrogen-bond acceptors (Lipinski definition) is 6. The molecule has 0 unspecified atom stereocenters. The molecular formula is C62H72N4O4. The highest BCUT2D eigenvalue weighted by molar-refractivity contribution is 6.05. The fourth-order valence-corrected chi connectivity index (χ4v) is 13.1. The standard InChI is InChI=1S/2C31H36N2O2/c2*1-3-30(35)16-17-31(20-23-9-5-4-6-10-23)26(21-30)12-7-11-24-19-25(14-15-27(24)31)29(34)33-28-13-8-18-32-22(28)2/h2*4-6,8-10,13-15,18-19,26,35H,3,7,11-12,16-17,20-21H2,1-2H3,(H,33,34)/t2*26-,30+,31-/m10/s1. The maximum absolute atomic E-state index is 13.1. The summed E-state index contributed by atoms with van der Waals surface area (Å²) in [6, 6.07) is 41.7. The molecule has 4 aliphatic carbocycles. The molecule has 2 fully saturated rings. The molecule has 0 aliphatic heterocycles. The molecular weight excluding hydrogens is 865 g/mol.